The smallest absolute Gasteiger partial charge is 0.394 e. The van der Waals surface area contributed by atoms with E-state index >= 15 is 0 Å². The molecule has 0 aliphatic carbocycles. The Morgan fingerprint density at radius 2 is 1.85 bits per heavy atom. The van der Waals surface area contributed by atoms with E-state index in [1.165, 1.54) is 11.9 Å². The highest BCUT2D eigenvalue weighted by molar-refractivity contribution is 6.31. The summed E-state index contributed by atoms with van der Waals surface area (Å²) in [4.78, 5) is 22.1. The van der Waals surface area contributed by atoms with Gasteiger partial charge in [0, 0.05) is 20.2 Å². The number of aliphatic hydroxyl groups is 1. The molecule has 5 heteroatoms. The van der Waals surface area contributed by atoms with Gasteiger partial charge < -0.3 is 15.1 Å². The number of carboxylic acid groups (broad SMARTS) is 1. The van der Waals surface area contributed by atoms with Crippen molar-refractivity contribution in [3.63, 3.8) is 0 Å². The van der Waals surface area contributed by atoms with Crippen LogP contribution < -0.4 is 0 Å². The summed E-state index contributed by atoms with van der Waals surface area (Å²) in [5.74, 6) is -2.31. The summed E-state index contributed by atoms with van der Waals surface area (Å²) in [6.07, 6.45) is 2.21. The summed E-state index contributed by atoms with van der Waals surface area (Å²) in [5.41, 5.74) is 0. The lowest BCUT2D eigenvalue weighted by atomic mass is 10.2. The fraction of sp³-hybridized carbons (Fsp3) is 0.750. The molecule has 2 N–H and O–H groups in total. The van der Waals surface area contributed by atoms with Crippen molar-refractivity contribution in [2.45, 2.75) is 19.3 Å². The summed E-state index contributed by atoms with van der Waals surface area (Å²) < 4.78 is 0. The summed E-state index contributed by atoms with van der Waals surface area (Å²) in [6.45, 7) is 0.557. The number of carbonyl (C=O) groups is 2. The molecule has 5 nitrogen and oxygen atoms in total. The number of likely N-dealkylation sites (N-methyl/N-ethyl adjacent to an activating group) is 1. The minimum absolute atomic E-state index is 0.136. The fourth-order valence-corrected chi connectivity index (χ4v) is 0.902. The van der Waals surface area contributed by atoms with Gasteiger partial charge in [-0.3, -0.25) is 4.79 Å². The molecule has 0 rings (SSSR count). The van der Waals surface area contributed by atoms with Crippen LogP contribution in [-0.2, 0) is 9.59 Å². The van der Waals surface area contributed by atoms with Gasteiger partial charge in [-0.05, 0) is 19.3 Å². The molecule has 0 atom stereocenters. The van der Waals surface area contributed by atoms with E-state index in [2.05, 4.69) is 0 Å². The number of nitrogens with zero attached hydrogens (tertiary/aromatic N) is 1. The van der Waals surface area contributed by atoms with Crippen LogP contribution in [-0.4, -0.2) is 47.2 Å². The Balaban J connectivity index is 3.56. The number of aliphatic carboxylic acids is 1. The Morgan fingerprint density at radius 3 is 2.31 bits per heavy atom. The van der Waals surface area contributed by atoms with Gasteiger partial charge in [-0.2, -0.15) is 0 Å². The third kappa shape index (κ3) is 5.19. The molecule has 0 aliphatic heterocycles. The van der Waals surface area contributed by atoms with Gasteiger partial charge in [-0.1, -0.05) is 0 Å². The lowest BCUT2D eigenvalue weighted by Crippen LogP contribution is -2.33. The maximum Gasteiger partial charge on any atom is 0.394 e. The first-order valence-corrected chi connectivity index (χ1v) is 4.19. The minimum atomic E-state index is -1.43. The van der Waals surface area contributed by atoms with Crippen molar-refractivity contribution in [3.05, 3.63) is 0 Å². The van der Waals surface area contributed by atoms with Crippen molar-refractivity contribution in [1.29, 1.82) is 0 Å². The van der Waals surface area contributed by atoms with Gasteiger partial charge in [0.1, 0.15) is 0 Å². The highest BCUT2D eigenvalue weighted by atomic mass is 16.4. The Hall–Kier alpha value is -1.10. The first-order valence-electron chi connectivity index (χ1n) is 4.19. The third-order valence-corrected chi connectivity index (χ3v) is 1.68. The molecular formula is C8H15NO4. The predicted octanol–water partition coefficient (Wildman–Crippen LogP) is -0.308. The number of aliphatic hydroxyl groups excluding tert-OH is 1. The number of carbonyl (C=O) groups excluding carboxylic acids is 1. The Kier molecular flexibility index (Phi) is 5.88. The number of rotatable bonds is 5. The molecule has 0 aliphatic rings. The third-order valence-electron chi connectivity index (χ3n) is 1.68. The Bertz CT molecular complexity index is 181. The quantitative estimate of drug-likeness (QED) is 0.459. The molecule has 13 heavy (non-hydrogen) atoms. The van der Waals surface area contributed by atoms with Crippen LogP contribution in [0.15, 0.2) is 0 Å². The van der Waals surface area contributed by atoms with Crippen LogP contribution in [0.25, 0.3) is 0 Å². The largest absolute Gasteiger partial charge is 0.474 e. The van der Waals surface area contributed by atoms with Gasteiger partial charge in [0.25, 0.3) is 0 Å². The average Bonchev–Trinajstić information content (AvgIpc) is 2.10. The van der Waals surface area contributed by atoms with E-state index in [1.54, 1.807) is 0 Å². The highest BCUT2D eigenvalue weighted by Gasteiger charge is 2.15. The van der Waals surface area contributed by atoms with Crippen LogP contribution in [0.4, 0.5) is 0 Å². The zero-order chi connectivity index (χ0) is 10.3. The normalized spacial score (nSPS) is 9.69. The van der Waals surface area contributed by atoms with Crippen LogP contribution in [0, 0.1) is 0 Å². The maximum atomic E-state index is 10.8. The predicted molar refractivity (Wildman–Crippen MR) is 46.2 cm³/mol. The van der Waals surface area contributed by atoms with Gasteiger partial charge in [0.2, 0.25) is 0 Å². The van der Waals surface area contributed by atoms with Crippen molar-refractivity contribution in [2.75, 3.05) is 20.2 Å². The van der Waals surface area contributed by atoms with Crippen molar-refractivity contribution >= 4 is 11.9 Å². The molecule has 0 bridgehead atoms. The van der Waals surface area contributed by atoms with E-state index in [0.717, 1.165) is 12.8 Å². The monoisotopic (exact) mass is 189 g/mol. The van der Waals surface area contributed by atoms with E-state index in [9.17, 15) is 9.59 Å². The molecule has 76 valence electrons. The van der Waals surface area contributed by atoms with Crippen molar-refractivity contribution in [1.82, 2.24) is 4.90 Å². The summed E-state index contributed by atoms with van der Waals surface area (Å²) in [7, 11) is 1.45. The molecule has 0 radical (unpaired) electrons. The van der Waals surface area contributed by atoms with Crippen molar-refractivity contribution < 1.29 is 19.8 Å². The number of amides is 1. The fourth-order valence-electron chi connectivity index (χ4n) is 0.902. The first-order chi connectivity index (χ1) is 6.09. The summed E-state index contributed by atoms with van der Waals surface area (Å²) >= 11 is 0. The topological polar surface area (TPSA) is 77.8 Å². The standard InChI is InChI=1S/C8H15NO4/c1-9(7(11)8(12)13)5-3-2-4-6-10/h10H,2-6H2,1H3,(H,12,13). The molecule has 0 heterocycles. The molecule has 0 spiro atoms. The maximum absolute atomic E-state index is 10.8. The summed E-state index contributed by atoms with van der Waals surface area (Å²) in [6, 6.07) is 0. The molecule has 0 aromatic carbocycles. The molecule has 1 amide bonds. The lowest BCUT2D eigenvalue weighted by Gasteiger charge is -2.13. The Labute approximate surface area is 77.0 Å². The molecule has 0 fully saturated rings. The second-order valence-corrected chi connectivity index (χ2v) is 2.82. The molecule has 0 unspecified atom stereocenters. The average molecular weight is 189 g/mol. The molecule has 0 aromatic rings. The number of hydrogen-bond donors (Lipinski definition) is 2. The van der Waals surface area contributed by atoms with Crippen molar-refractivity contribution in [3.8, 4) is 0 Å². The molecular weight excluding hydrogens is 174 g/mol. The molecule has 0 saturated heterocycles. The zero-order valence-corrected chi connectivity index (χ0v) is 7.69. The molecule has 0 saturated carbocycles. The number of carboxylic acids is 1. The second kappa shape index (κ2) is 6.42. The number of hydrogen-bond acceptors (Lipinski definition) is 3. The Morgan fingerprint density at radius 1 is 1.23 bits per heavy atom. The van der Waals surface area contributed by atoms with Gasteiger partial charge in [-0.15, -0.1) is 0 Å². The van der Waals surface area contributed by atoms with E-state index in [-0.39, 0.29) is 6.61 Å². The van der Waals surface area contributed by atoms with Crippen LogP contribution in [0.2, 0.25) is 0 Å². The molecule has 0 aromatic heterocycles. The summed E-state index contributed by atoms with van der Waals surface area (Å²) in [5, 5.41) is 16.8. The van der Waals surface area contributed by atoms with Crippen LogP contribution in [0.5, 0.6) is 0 Å². The van der Waals surface area contributed by atoms with E-state index < -0.39 is 11.9 Å². The van der Waals surface area contributed by atoms with E-state index in [1.807, 2.05) is 0 Å². The highest BCUT2D eigenvalue weighted by Crippen LogP contribution is 1.96. The first kappa shape index (κ1) is 11.9. The van der Waals surface area contributed by atoms with E-state index in [0.29, 0.717) is 13.0 Å². The lowest BCUT2D eigenvalue weighted by molar-refractivity contribution is -0.155. The van der Waals surface area contributed by atoms with Gasteiger partial charge in [0.05, 0.1) is 0 Å². The van der Waals surface area contributed by atoms with Crippen molar-refractivity contribution in [2.24, 2.45) is 0 Å². The van der Waals surface area contributed by atoms with Crippen LogP contribution in [0.1, 0.15) is 19.3 Å². The van der Waals surface area contributed by atoms with Gasteiger partial charge >= 0.3 is 11.9 Å². The SMILES string of the molecule is CN(CCCCCO)C(=O)C(=O)O. The number of unbranched alkanes of at least 4 members (excludes halogenated alkanes) is 2. The van der Waals surface area contributed by atoms with Crippen LogP contribution >= 0.6 is 0 Å². The van der Waals surface area contributed by atoms with Gasteiger partial charge in [0.15, 0.2) is 0 Å². The minimum Gasteiger partial charge on any atom is -0.474 e. The second-order valence-electron chi connectivity index (χ2n) is 2.82. The van der Waals surface area contributed by atoms with Crippen LogP contribution in [0.3, 0.4) is 0 Å². The van der Waals surface area contributed by atoms with Gasteiger partial charge in [-0.25, -0.2) is 4.79 Å². The zero-order valence-electron chi connectivity index (χ0n) is 7.69. The van der Waals surface area contributed by atoms with E-state index in [4.69, 9.17) is 10.2 Å².